The van der Waals surface area contributed by atoms with Gasteiger partial charge in [0.2, 0.25) is 0 Å². The Kier molecular flexibility index (Phi) is 4.84. The third-order valence-electron chi connectivity index (χ3n) is 4.08. The van der Waals surface area contributed by atoms with E-state index >= 15 is 0 Å². The minimum absolute atomic E-state index is 0.653. The van der Waals surface area contributed by atoms with E-state index in [9.17, 15) is 0 Å². The minimum Gasteiger partial charge on any atom is -0.371 e. The van der Waals surface area contributed by atoms with Crippen molar-refractivity contribution >= 4 is 5.69 Å². The predicted molar refractivity (Wildman–Crippen MR) is 84.3 cm³/mol. The lowest BCUT2D eigenvalue weighted by Gasteiger charge is -2.34. The molecule has 1 N–H and O–H groups in total. The molecule has 2 aromatic heterocycles. The van der Waals surface area contributed by atoms with E-state index in [0.29, 0.717) is 6.04 Å². The Morgan fingerprint density at radius 2 is 1.95 bits per heavy atom. The Labute approximate surface area is 126 Å². The van der Waals surface area contributed by atoms with Crippen LogP contribution in [-0.2, 0) is 6.54 Å². The Hall–Kier alpha value is -1.88. The number of hydrogen-bond donors (Lipinski definition) is 1. The van der Waals surface area contributed by atoms with Crippen LogP contribution < -0.4 is 10.2 Å². The van der Waals surface area contributed by atoms with E-state index in [1.807, 2.05) is 35.5 Å². The molecule has 1 aliphatic heterocycles. The molecule has 0 atom stereocenters. The predicted octanol–water partition coefficient (Wildman–Crippen LogP) is 1.93. The van der Waals surface area contributed by atoms with Crippen LogP contribution in [-0.4, -0.2) is 40.4 Å². The Bertz CT molecular complexity index is 503. The van der Waals surface area contributed by atoms with Gasteiger partial charge < -0.3 is 10.2 Å². The first-order valence-corrected chi connectivity index (χ1v) is 7.77. The standard InChI is InChI=1S/C16H23N5/c1(11-21-12-2-8-19-21)7-18-15-5-13-20(14-6-15)16-3-9-17-10-4-16/h2-4,8-10,12,15,18H,1,5-7,11,13-14H2. The molecule has 3 heterocycles. The van der Waals surface area contributed by atoms with Crippen LogP contribution in [0, 0.1) is 0 Å². The van der Waals surface area contributed by atoms with E-state index in [-0.39, 0.29) is 0 Å². The molecule has 1 fully saturated rings. The third-order valence-corrected chi connectivity index (χ3v) is 4.08. The molecule has 0 bridgehead atoms. The van der Waals surface area contributed by atoms with Crippen molar-refractivity contribution in [3.8, 4) is 0 Å². The second-order valence-corrected chi connectivity index (χ2v) is 5.54. The van der Waals surface area contributed by atoms with Gasteiger partial charge >= 0.3 is 0 Å². The quantitative estimate of drug-likeness (QED) is 0.824. The van der Waals surface area contributed by atoms with Crippen molar-refractivity contribution in [2.24, 2.45) is 0 Å². The highest BCUT2D eigenvalue weighted by atomic mass is 15.3. The summed E-state index contributed by atoms with van der Waals surface area (Å²) in [4.78, 5) is 6.53. The summed E-state index contributed by atoms with van der Waals surface area (Å²) in [6, 6.07) is 6.82. The molecule has 0 aliphatic carbocycles. The van der Waals surface area contributed by atoms with Gasteiger partial charge in [0, 0.05) is 56.2 Å². The van der Waals surface area contributed by atoms with Crippen LogP contribution in [0.1, 0.15) is 19.3 Å². The summed E-state index contributed by atoms with van der Waals surface area (Å²) in [5.74, 6) is 0. The van der Waals surface area contributed by atoms with Crippen molar-refractivity contribution < 1.29 is 0 Å². The fraction of sp³-hybridized carbons (Fsp3) is 0.500. The van der Waals surface area contributed by atoms with E-state index < -0.39 is 0 Å². The maximum absolute atomic E-state index is 4.22. The number of anilines is 1. The molecule has 0 aromatic carbocycles. The minimum atomic E-state index is 0.653. The maximum Gasteiger partial charge on any atom is 0.0489 e. The smallest absolute Gasteiger partial charge is 0.0489 e. The highest BCUT2D eigenvalue weighted by molar-refractivity contribution is 5.44. The number of piperidine rings is 1. The molecule has 0 radical (unpaired) electrons. The zero-order valence-electron chi connectivity index (χ0n) is 12.4. The van der Waals surface area contributed by atoms with Crippen molar-refractivity contribution in [3.05, 3.63) is 43.0 Å². The molecule has 21 heavy (non-hydrogen) atoms. The normalized spacial score (nSPS) is 16.3. The van der Waals surface area contributed by atoms with Gasteiger partial charge in [0.15, 0.2) is 0 Å². The molecule has 0 spiro atoms. The molecule has 5 heteroatoms. The number of nitrogens with zero attached hydrogens (tertiary/aromatic N) is 4. The van der Waals surface area contributed by atoms with Crippen LogP contribution in [0.5, 0.6) is 0 Å². The number of pyridine rings is 1. The second kappa shape index (κ2) is 7.22. The molecule has 3 rings (SSSR count). The largest absolute Gasteiger partial charge is 0.371 e. The van der Waals surface area contributed by atoms with Gasteiger partial charge in [-0.2, -0.15) is 5.10 Å². The van der Waals surface area contributed by atoms with Crippen LogP contribution in [0.25, 0.3) is 0 Å². The van der Waals surface area contributed by atoms with Crippen molar-refractivity contribution in [2.75, 3.05) is 24.5 Å². The van der Waals surface area contributed by atoms with Gasteiger partial charge in [-0.25, -0.2) is 0 Å². The lowest BCUT2D eigenvalue weighted by Crippen LogP contribution is -2.43. The summed E-state index contributed by atoms with van der Waals surface area (Å²) in [6.07, 6.45) is 11.2. The van der Waals surface area contributed by atoms with Gasteiger partial charge in [-0.3, -0.25) is 9.67 Å². The lowest BCUT2D eigenvalue weighted by molar-refractivity contribution is 0.404. The Balaban J connectivity index is 1.34. The number of aromatic nitrogens is 3. The van der Waals surface area contributed by atoms with Gasteiger partial charge in [0.05, 0.1) is 0 Å². The lowest BCUT2D eigenvalue weighted by atomic mass is 10.0. The summed E-state index contributed by atoms with van der Waals surface area (Å²) >= 11 is 0. The third kappa shape index (κ3) is 4.04. The molecule has 0 unspecified atom stereocenters. The number of rotatable bonds is 6. The van der Waals surface area contributed by atoms with Gasteiger partial charge in [0.1, 0.15) is 0 Å². The van der Waals surface area contributed by atoms with Gasteiger partial charge in [-0.1, -0.05) is 0 Å². The molecule has 0 saturated carbocycles. The SMILES string of the molecule is c1cnn(CCCNC2CCN(c3ccncc3)CC2)c1. The van der Waals surface area contributed by atoms with Gasteiger partial charge in [-0.15, -0.1) is 0 Å². The van der Waals surface area contributed by atoms with Crippen molar-refractivity contribution in [1.82, 2.24) is 20.1 Å². The average molecular weight is 285 g/mol. The molecule has 112 valence electrons. The van der Waals surface area contributed by atoms with E-state index in [1.165, 1.54) is 18.5 Å². The molecular weight excluding hydrogens is 262 g/mol. The van der Waals surface area contributed by atoms with Gasteiger partial charge in [-0.05, 0) is 44.0 Å². The number of aryl methyl sites for hydroxylation is 1. The van der Waals surface area contributed by atoms with Gasteiger partial charge in [0.25, 0.3) is 0 Å². The van der Waals surface area contributed by atoms with Crippen molar-refractivity contribution in [2.45, 2.75) is 31.8 Å². The summed E-state index contributed by atoms with van der Waals surface area (Å²) in [5.41, 5.74) is 1.29. The zero-order valence-corrected chi connectivity index (χ0v) is 12.4. The van der Waals surface area contributed by atoms with Crippen LogP contribution in [0.3, 0.4) is 0 Å². The van der Waals surface area contributed by atoms with E-state index in [1.54, 1.807) is 0 Å². The van der Waals surface area contributed by atoms with Crippen LogP contribution in [0.15, 0.2) is 43.0 Å². The maximum atomic E-state index is 4.22. The van der Waals surface area contributed by atoms with E-state index in [0.717, 1.165) is 32.6 Å². The highest BCUT2D eigenvalue weighted by Crippen LogP contribution is 2.18. The molecular formula is C16H23N5. The second-order valence-electron chi connectivity index (χ2n) is 5.54. The fourth-order valence-corrected chi connectivity index (χ4v) is 2.88. The summed E-state index contributed by atoms with van der Waals surface area (Å²) in [7, 11) is 0. The highest BCUT2D eigenvalue weighted by Gasteiger charge is 2.18. The zero-order chi connectivity index (χ0) is 14.3. The molecule has 1 aliphatic rings. The van der Waals surface area contributed by atoms with E-state index in [4.69, 9.17) is 0 Å². The van der Waals surface area contributed by atoms with Crippen LogP contribution in [0.4, 0.5) is 5.69 Å². The summed E-state index contributed by atoms with van der Waals surface area (Å²) < 4.78 is 1.99. The Morgan fingerprint density at radius 1 is 1.14 bits per heavy atom. The number of nitrogens with one attached hydrogen (secondary N) is 1. The summed E-state index contributed by atoms with van der Waals surface area (Å²) in [6.45, 7) is 4.32. The first kappa shape index (κ1) is 14.1. The number of hydrogen-bond acceptors (Lipinski definition) is 4. The molecule has 2 aromatic rings. The molecule has 0 amide bonds. The summed E-state index contributed by atoms with van der Waals surface area (Å²) in [5, 5.41) is 7.90. The van der Waals surface area contributed by atoms with Crippen LogP contribution >= 0.6 is 0 Å². The first-order chi connectivity index (χ1) is 10.4. The first-order valence-electron chi connectivity index (χ1n) is 7.77. The molecule has 1 saturated heterocycles. The van der Waals surface area contributed by atoms with Crippen LogP contribution in [0.2, 0.25) is 0 Å². The molecule has 5 nitrogen and oxygen atoms in total. The average Bonchev–Trinajstić information content (AvgIpc) is 3.06. The monoisotopic (exact) mass is 285 g/mol. The topological polar surface area (TPSA) is 46.0 Å². The van der Waals surface area contributed by atoms with Crippen molar-refractivity contribution in [1.29, 1.82) is 0 Å². The fourth-order valence-electron chi connectivity index (χ4n) is 2.88. The van der Waals surface area contributed by atoms with E-state index in [2.05, 4.69) is 32.4 Å². The van der Waals surface area contributed by atoms with Crippen molar-refractivity contribution in [3.63, 3.8) is 0 Å². The Morgan fingerprint density at radius 3 is 2.67 bits per heavy atom.